The number of ketones is 1. The van der Waals surface area contributed by atoms with Gasteiger partial charge in [0.25, 0.3) is 0 Å². The summed E-state index contributed by atoms with van der Waals surface area (Å²) in [4.78, 5) is 14.5. The summed E-state index contributed by atoms with van der Waals surface area (Å²) >= 11 is 0. The van der Waals surface area contributed by atoms with E-state index in [1.54, 1.807) is 13.0 Å². The Hall–Kier alpha value is -2.09. The van der Waals surface area contributed by atoms with E-state index in [9.17, 15) is 45.6 Å². The molecule has 8 N–H and O–H groups in total. The van der Waals surface area contributed by atoms with Crippen molar-refractivity contribution in [3.05, 3.63) is 34.9 Å². The van der Waals surface area contributed by atoms with Gasteiger partial charge in [-0.25, -0.2) is 0 Å². The molecule has 6 unspecified atom stereocenters. The molecule has 1 heterocycles. The molecule has 3 fully saturated rings. The van der Waals surface area contributed by atoms with Crippen LogP contribution in [-0.4, -0.2) is 102 Å². The number of aliphatic hydroxyl groups is 7. The van der Waals surface area contributed by atoms with Crippen molar-refractivity contribution in [1.82, 2.24) is 0 Å². The number of carbonyl (C=O) groups excluding carboxylic acids is 1. The highest BCUT2D eigenvalue weighted by molar-refractivity contribution is 5.93. The van der Waals surface area contributed by atoms with Crippen LogP contribution in [0.5, 0.6) is 11.5 Å². The van der Waals surface area contributed by atoms with Crippen LogP contribution in [0.15, 0.2) is 23.8 Å². The Morgan fingerprint density at radius 1 is 1.11 bits per heavy atom. The predicted octanol–water partition coefficient (Wildman–Crippen LogP) is 1.23. The fourth-order valence-electron chi connectivity index (χ4n) is 9.52. The standard InChI is InChI=1S/C34H50O11/c1-16(2)7-10-24(38)34(6,43)29-20(37)13-31(3)23-9-8-17-11-19(36)21(12-18(17)33(23,5)25(39)14-32(29,31)4)44-30-28(42)27(41)26(40)22(15-35)45-30/h7,11-12,20,22-24,26-30,35-38,40-43H,8-10,13-15H2,1-6H3/t20-,22?,23+,24?,26?,27?,28?,29+,30?,31+,32-,33-,34+/m1/s1. The van der Waals surface area contributed by atoms with E-state index in [4.69, 9.17) is 9.47 Å². The lowest BCUT2D eigenvalue weighted by Gasteiger charge is -2.62. The average molecular weight is 635 g/mol. The molecule has 11 nitrogen and oxygen atoms in total. The van der Waals surface area contributed by atoms with Gasteiger partial charge in [-0.2, -0.15) is 0 Å². The molecular weight excluding hydrogens is 584 g/mol. The van der Waals surface area contributed by atoms with E-state index < -0.39 is 77.3 Å². The van der Waals surface area contributed by atoms with Crippen LogP contribution < -0.4 is 4.74 Å². The van der Waals surface area contributed by atoms with Crippen LogP contribution in [0.25, 0.3) is 0 Å². The first-order valence-corrected chi connectivity index (χ1v) is 15.9. The predicted molar refractivity (Wildman–Crippen MR) is 162 cm³/mol. The number of rotatable bonds is 7. The van der Waals surface area contributed by atoms with Gasteiger partial charge in [-0.1, -0.05) is 25.5 Å². The summed E-state index contributed by atoms with van der Waals surface area (Å²) in [5.74, 6) is -1.48. The maximum absolute atomic E-state index is 14.5. The summed E-state index contributed by atoms with van der Waals surface area (Å²) < 4.78 is 11.3. The van der Waals surface area contributed by atoms with Crippen LogP contribution in [0.4, 0.5) is 0 Å². The second-order valence-electron chi connectivity index (χ2n) is 15.0. The van der Waals surface area contributed by atoms with Gasteiger partial charge in [0.2, 0.25) is 6.29 Å². The maximum atomic E-state index is 14.5. The lowest BCUT2D eigenvalue weighted by atomic mass is 9.41. The van der Waals surface area contributed by atoms with Crippen molar-refractivity contribution >= 4 is 5.78 Å². The molecule has 2 saturated carbocycles. The monoisotopic (exact) mass is 634 g/mol. The Labute approximate surface area is 264 Å². The molecule has 0 aromatic heterocycles. The van der Waals surface area contributed by atoms with Crippen molar-refractivity contribution in [2.45, 2.75) is 128 Å². The third-order valence-electron chi connectivity index (χ3n) is 12.2. The molecule has 13 atom stereocenters. The molecule has 1 aliphatic heterocycles. The van der Waals surface area contributed by atoms with E-state index in [0.29, 0.717) is 24.8 Å². The van der Waals surface area contributed by atoms with Crippen molar-refractivity contribution in [3.8, 4) is 11.5 Å². The van der Waals surface area contributed by atoms with Gasteiger partial charge < -0.3 is 50.3 Å². The third kappa shape index (κ3) is 5.06. The topological polar surface area (TPSA) is 197 Å². The molecule has 3 aliphatic carbocycles. The summed E-state index contributed by atoms with van der Waals surface area (Å²) in [5.41, 5.74) is -1.79. The molecule has 0 bridgehead atoms. The van der Waals surface area contributed by atoms with E-state index in [-0.39, 0.29) is 36.0 Å². The minimum atomic E-state index is -1.69. The zero-order chi connectivity index (χ0) is 33.4. The molecule has 11 heteroatoms. The van der Waals surface area contributed by atoms with Crippen molar-refractivity contribution < 1.29 is 55.1 Å². The number of phenols is 1. The number of ether oxygens (including phenoxy) is 2. The molecule has 0 spiro atoms. The highest BCUT2D eigenvalue weighted by atomic mass is 16.7. The average Bonchev–Trinajstić information content (AvgIpc) is 3.17. The Bertz CT molecular complexity index is 1340. The van der Waals surface area contributed by atoms with Crippen LogP contribution in [0.1, 0.15) is 78.4 Å². The molecule has 1 aromatic carbocycles. The van der Waals surface area contributed by atoms with Crippen LogP contribution >= 0.6 is 0 Å². The maximum Gasteiger partial charge on any atom is 0.229 e. The molecule has 45 heavy (non-hydrogen) atoms. The van der Waals surface area contributed by atoms with Crippen molar-refractivity contribution in [2.75, 3.05) is 6.61 Å². The number of allylic oxidation sites excluding steroid dienone is 1. The summed E-state index contributed by atoms with van der Waals surface area (Å²) in [6, 6.07) is 3.08. The first-order chi connectivity index (χ1) is 20.8. The van der Waals surface area contributed by atoms with Gasteiger partial charge in [-0.3, -0.25) is 4.79 Å². The van der Waals surface area contributed by atoms with E-state index >= 15 is 0 Å². The highest BCUT2D eigenvalue weighted by Gasteiger charge is 2.73. The fraction of sp³-hybridized carbons (Fsp3) is 0.735. The minimum absolute atomic E-state index is 0.0486. The van der Waals surface area contributed by atoms with Gasteiger partial charge in [-0.05, 0) is 93.4 Å². The first-order valence-electron chi connectivity index (χ1n) is 15.9. The van der Waals surface area contributed by atoms with E-state index in [2.05, 4.69) is 6.92 Å². The number of fused-ring (bicyclic) bond motifs is 5. The number of aryl methyl sites for hydroxylation is 1. The highest BCUT2D eigenvalue weighted by Crippen LogP contribution is 2.72. The summed E-state index contributed by atoms with van der Waals surface area (Å²) in [6.07, 6.45) is -6.19. The third-order valence-corrected chi connectivity index (χ3v) is 12.2. The number of hydrogen-bond acceptors (Lipinski definition) is 11. The second-order valence-corrected chi connectivity index (χ2v) is 15.0. The smallest absolute Gasteiger partial charge is 0.229 e. The number of Topliss-reactive ketones (excluding diaryl/α,β-unsaturated/α-hetero) is 1. The van der Waals surface area contributed by atoms with Crippen LogP contribution in [-0.2, 0) is 21.4 Å². The van der Waals surface area contributed by atoms with Crippen molar-refractivity contribution in [3.63, 3.8) is 0 Å². The Kier molecular flexibility index (Phi) is 8.80. The van der Waals surface area contributed by atoms with Gasteiger partial charge in [0, 0.05) is 12.3 Å². The number of phenolic OH excluding ortho intramolecular Hbond substituents is 1. The number of aliphatic hydroxyl groups excluding tert-OH is 6. The van der Waals surface area contributed by atoms with E-state index in [1.165, 1.54) is 6.07 Å². The van der Waals surface area contributed by atoms with Gasteiger partial charge in [0.05, 0.1) is 29.8 Å². The molecule has 0 amide bonds. The van der Waals surface area contributed by atoms with Crippen LogP contribution in [0.2, 0.25) is 0 Å². The fourth-order valence-corrected chi connectivity index (χ4v) is 9.52. The molecule has 5 rings (SSSR count). The van der Waals surface area contributed by atoms with Gasteiger partial charge in [-0.15, -0.1) is 0 Å². The van der Waals surface area contributed by atoms with E-state index in [0.717, 1.165) is 11.1 Å². The number of hydrogen-bond donors (Lipinski definition) is 8. The number of benzene rings is 1. The van der Waals surface area contributed by atoms with Crippen LogP contribution in [0, 0.1) is 22.7 Å². The lowest BCUT2D eigenvalue weighted by Crippen LogP contribution is -2.64. The zero-order valence-electron chi connectivity index (χ0n) is 27.0. The van der Waals surface area contributed by atoms with E-state index in [1.807, 2.05) is 33.8 Å². The second kappa shape index (κ2) is 11.6. The number of carbonyl (C=O) groups is 1. The molecular formula is C34H50O11. The quantitative estimate of drug-likeness (QED) is 0.201. The summed E-state index contributed by atoms with van der Waals surface area (Å²) in [7, 11) is 0. The normalized spacial score (nSPS) is 43.0. The molecule has 0 radical (unpaired) electrons. The number of aromatic hydroxyl groups is 1. The Morgan fingerprint density at radius 2 is 1.78 bits per heavy atom. The minimum Gasteiger partial charge on any atom is -0.504 e. The summed E-state index contributed by atoms with van der Waals surface area (Å²) in [5, 5.41) is 85.9. The SMILES string of the molecule is CC(C)=CCC(O)[C@](C)(O)[C@H]1[C@H](O)C[C@@]2(C)[C@@H]3CCc4cc(O)c(OC5OC(CO)C(O)C(O)C5O)cc4[C@@]3(C)C(=O)C[C@]12C. The van der Waals surface area contributed by atoms with Crippen molar-refractivity contribution in [2.24, 2.45) is 22.7 Å². The largest absolute Gasteiger partial charge is 0.504 e. The molecule has 1 aromatic rings. The Morgan fingerprint density at radius 3 is 2.40 bits per heavy atom. The molecule has 4 aliphatic rings. The summed E-state index contributed by atoms with van der Waals surface area (Å²) in [6.45, 7) is 10.6. The van der Waals surface area contributed by atoms with Crippen molar-refractivity contribution in [1.29, 1.82) is 0 Å². The Balaban J connectivity index is 1.51. The van der Waals surface area contributed by atoms with Crippen LogP contribution in [0.3, 0.4) is 0 Å². The zero-order valence-corrected chi connectivity index (χ0v) is 27.0. The molecule has 252 valence electrons. The molecule has 1 saturated heterocycles. The first kappa shape index (κ1) is 34.3. The van der Waals surface area contributed by atoms with Gasteiger partial charge in [0.1, 0.15) is 30.2 Å². The van der Waals surface area contributed by atoms with Gasteiger partial charge in [0.15, 0.2) is 11.5 Å². The lowest BCUT2D eigenvalue weighted by molar-refractivity contribution is -0.277. The van der Waals surface area contributed by atoms with Gasteiger partial charge >= 0.3 is 0 Å².